The van der Waals surface area contributed by atoms with Crippen LogP contribution in [0.15, 0.2) is 72.1 Å². The third-order valence-electron chi connectivity index (χ3n) is 4.33. The van der Waals surface area contributed by atoms with Crippen molar-refractivity contribution < 1.29 is 4.79 Å². The highest BCUT2D eigenvalue weighted by atomic mass is 32.1. The Bertz CT molecular complexity index is 1130. The fourth-order valence-corrected chi connectivity index (χ4v) is 3.92. The minimum atomic E-state index is -0.143. The van der Waals surface area contributed by atoms with Gasteiger partial charge in [-0.15, -0.1) is 11.3 Å². The molecule has 0 saturated heterocycles. The van der Waals surface area contributed by atoms with Gasteiger partial charge in [-0.3, -0.25) is 14.5 Å². The second-order valence-electron chi connectivity index (χ2n) is 6.28. The van der Waals surface area contributed by atoms with E-state index < -0.39 is 0 Å². The van der Waals surface area contributed by atoms with Gasteiger partial charge in [0, 0.05) is 5.69 Å². The molecule has 0 fully saturated rings. The van der Waals surface area contributed by atoms with Crippen molar-refractivity contribution in [3.05, 3.63) is 88.0 Å². The molecule has 0 aliphatic rings. The van der Waals surface area contributed by atoms with Crippen molar-refractivity contribution in [2.24, 2.45) is 0 Å². The molecule has 140 valence electrons. The average molecular weight is 407 g/mol. The van der Waals surface area contributed by atoms with Crippen molar-refractivity contribution in [1.29, 1.82) is 0 Å². The van der Waals surface area contributed by atoms with E-state index >= 15 is 0 Å². The molecule has 1 amide bonds. The van der Waals surface area contributed by atoms with Gasteiger partial charge in [-0.25, -0.2) is 0 Å². The second-order valence-corrected chi connectivity index (χ2v) is 7.62. The van der Waals surface area contributed by atoms with Gasteiger partial charge in [-0.05, 0) is 47.3 Å². The minimum absolute atomic E-state index is 0.0994. The highest BCUT2D eigenvalue weighted by molar-refractivity contribution is 7.71. The quantitative estimate of drug-likeness (QED) is 0.448. The summed E-state index contributed by atoms with van der Waals surface area (Å²) in [6.45, 7) is 0.0994. The Balaban J connectivity index is 1.53. The number of hydrogen-bond donors (Lipinski definition) is 2. The topological polar surface area (TPSA) is 62.7 Å². The van der Waals surface area contributed by atoms with Gasteiger partial charge in [-0.1, -0.05) is 54.6 Å². The van der Waals surface area contributed by atoms with E-state index in [4.69, 9.17) is 12.2 Å². The predicted molar refractivity (Wildman–Crippen MR) is 115 cm³/mol. The maximum atomic E-state index is 12.7. The van der Waals surface area contributed by atoms with Crippen molar-refractivity contribution in [3.8, 4) is 10.7 Å². The zero-order valence-electron chi connectivity index (χ0n) is 15.0. The molecule has 2 aromatic carbocycles. The van der Waals surface area contributed by atoms with Gasteiger partial charge in [0.15, 0.2) is 10.6 Å². The Kier molecular flexibility index (Phi) is 5.45. The van der Waals surface area contributed by atoms with Crippen LogP contribution in [0.1, 0.15) is 11.1 Å². The number of aromatic nitrogens is 3. The van der Waals surface area contributed by atoms with E-state index in [-0.39, 0.29) is 12.5 Å². The van der Waals surface area contributed by atoms with Crippen LogP contribution in [0.25, 0.3) is 10.7 Å². The summed E-state index contributed by atoms with van der Waals surface area (Å²) >= 11 is 6.87. The average Bonchev–Trinajstić information content (AvgIpc) is 3.35. The second kappa shape index (κ2) is 8.33. The number of nitrogens with zero attached hydrogens (tertiary/aromatic N) is 2. The van der Waals surface area contributed by atoms with Crippen LogP contribution in [0.3, 0.4) is 0 Å². The van der Waals surface area contributed by atoms with E-state index in [1.807, 2.05) is 60.0 Å². The predicted octanol–water partition coefficient (Wildman–Crippen LogP) is 4.90. The normalized spacial score (nSPS) is 10.7. The Morgan fingerprint density at radius 2 is 1.86 bits per heavy atom. The van der Waals surface area contributed by atoms with Crippen molar-refractivity contribution in [2.75, 3.05) is 5.32 Å². The molecule has 4 rings (SSSR count). The molecular weight excluding hydrogens is 388 g/mol. The molecule has 0 aliphatic heterocycles. The highest BCUT2D eigenvalue weighted by Crippen LogP contribution is 2.23. The standard InChI is InChI=1S/C21H18N4OS2/c26-19(14-25-20(23-24-21(25)27)18-11-6-12-28-18)22-17-10-5-4-9-16(17)13-15-7-2-1-3-8-15/h1-12H,13-14H2,(H,22,26)(H,24,27). The first-order chi connectivity index (χ1) is 13.7. The molecule has 2 heterocycles. The number of carbonyl (C=O) groups excluding carboxylic acids is 1. The summed E-state index contributed by atoms with van der Waals surface area (Å²) in [5.41, 5.74) is 3.07. The van der Waals surface area contributed by atoms with Crippen LogP contribution in [0.2, 0.25) is 0 Å². The Morgan fingerprint density at radius 1 is 1.07 bits per heavy atom. The van der Waals surface area contributed by atoms with Crippen molar-refractivity contribution in [2.45, 2.75) is 13.0 Å². The first kappa shape index (κ1) is 18.3. The lowest BCUT2D eigenvalue weighted by molar-refractivity contribution is -0.116. The number of nitrogens with one attached hydrogen (secondary N) is 2. The van der Waals surface area contributed by atoms with E-state index in [1.54, 1.807) is 15.9 Å². The lowest BCUT2D eigenvalue weighted by atomic mass is 10.0. The summed E-state index contributed by atoms with van der Waals surface area (Å²) < 4.78 is 2.15. The van der Waals surface area contributed by atoms with Gasteiger partial charge in [0.05, 0.1) is 4.88 Å². The first-order valence-corrected chi connectivity index (χ1v) is 10.1. The summed E-state index contributed by atoms with van der Waals surface area (Å²) in [4.78, 5) is 13.7. The van der Waals surface area contributed by atoms with E-state index in [1.165, 1.54) is 5.56 Å². The van der Waals surface area contributed by atoms with Gasteiger partial charge >= 0.3 is 0 Å². The summed E-state index contributed by atoms with van der Waals surface area (Å²) in [5.74, 6) is 0.531. The molecule has 4 aromatic rings. The van der Waals surface area contributed by atoms with Crippen LogP contribution in [0.5, 0.6) is 0 Å². The molecule has 28 heavy (non-hydrogen) atoms. The van der Waals surface area contributed by atoms with Crippen LogP contribution in [0, 0.1) is 4.77 Å². The maximum absolute atomic E-state index is 12.7. The third-order valence-corrected chi connectivity index (χ3v) is 5.51. The van der Waals surface area contributed by atoms with Crippen LogP contribution in [-0.2, 0) is 17.8 Å². The molecule has 0 bridgehead atoms. The van der Waals surface area contributed by atoms with Crippen molar-refractivity contribution in [1.82, 2.24) is 14.8 Å². The first-order valence-electron chi connectivity index (χ1n) is 8.81. The zero-order chi connectivity index (χ0) is 19.3. The Hall–Kier alpha value is -3.03. The molecule has 0 unspecified atom stereocenters. The van der Waals surface area contributed by atoms with Crippen LogP contribution in [0.4, 0.5) is 5.69 Å². The SMILES string of the molecule is O=C(Cn1c(-c2cccs2)n[nH]c1=S)Nc1ccccc1Cc1ccccc1. The minimum Gasteiger partial charge on any atom is -0.324 e. The van der Waals surface area contributed by atoms with Gasteiger partial charge in [0.1, 0.15) is 6.54 Å². The number of para-hydroxylation sites is 1. The number of H-pyrrole nitrogens is 1. The summed E-state index contributed by atoms with van der Waals surface area (Å²) in [6, 6.07) is 22.0. The van der Waals surface area contributed by atoms with Crippen molar-refractivity contribution in [3.63, 3.8) is 0 Å². The molecule has 7 heteroatoms. The lowest BCUT2D eigenvalue weighted by Gasteiger charge is -2.12. The fourth-order valence-electron chi connectivity index (χ4n) is 3.00. The molecule has 0 spiro atoms. The smallest absolute Gasteiger partial charge is 0.244 e. The number of anilines is 1. The molecule has 0 aliphatic carbocycles. The van der Waals surface area contributed by atoms with E-state index in [9.17, 15) is 4.79 Å². The van der Waals surface area contributed by atoms with Crippen LogP contribution >= 0.6 is 23.6 Å². The Labute approximate surface area is 171 Å². The third kappa shape index (κ3) is 4.11. The fraction of sp³-hybridized carbons (Fsp3) is 0.0952. The zero-order valence-corrected chi connectivity index (χ0v) is 16.6. The van der Waals surface area contributed by atoms with Gasteiger partial charge < -0.3 is 5.32 Å². The number of amides is 1. The summed E-state index contributed by atoms with van der Waals surface area (Å²) in [5, 5.41) is 12.0. The monoisotopic (exact) mass is 406 g/mol. The number of benzene rings is 2. The molecule has 2 aromatic heterocycles. The van der Waals surface area contributed by atoms with Gasteiger partial charge in [0.2, 0.25) is 5.91 Å². The van der Waals surface area contributed by atoms with E-state index in [0.717, 1.165) is 22.5 Å². The number of carbonyl (C=O) groups is 1. The number of aromatic amines is 1. The van der Waals surface area contributed by atoms with Crippen LogP contribution in [-0.4, -0.2) is 20.7 Å². The summed E-state index contributed by atoms with van der Waals surface area (Å²) in [7, 11) is 0. The van der Waals surface area contributed by atoms with Gasteiger partial charge in [0.25, 0.3) is 0 Å². The van der Waals surface area contributed by atoms with Crippen LogP contribution < -0.4 is 5.32 Å². The Morgan fingerprint density at radius 3 is 2.64 bits per heavy atom. The molecule has 0 atom stereocenters. The lowest BCUT2D eigenvalue weighted by Crippen LogP contribution is -2.20. The number of thiophene rings is 1. The van der Waals surface area contributed by atoms with Crippen molar-refractivity contribution >= 4 is 35.1 Å². The van der Waals surface area contributed by atoms with E-state index in [2.05, 4.69) is 27.6 Å². The molecule has 0 saturated carbocycles. The largest absolute Gasteiger partial charge is 0.324 e. The molecular formula is C21H18N4OS2. The molecule has 0 radical (unpaired) electrons. The van der Waals surface area contributed by atoms with Gasteiger partial charge in [-0.2, -0.15) is 5.10 Å². The number of hydrogen-bond acceptors (Lipinski definition) is 4. The molecule has 5 nitrogen and oxygen atoms in total. The highest BCUT2D eigenvalue weighted by Gasteiger charge is 2.14. The molecule has 2 N–H and O–H groups in total. The maximum Gasteiger partial charge on any atom is 0.244 e. The van der Waals surface area contributed by atoms with E-state index in [0.29, 0.717) is 10.6 Å². The number of rotatable bonds is 6. The summed E-state index contributed by atoms with van der Waals surface area (Å²) in [6.07, 6.45) is 0.753.